The average Bonchev–Trinajstić information content (AvgIpc) is 3.31. The zero-order chi connectivity index (χ0) is 21.5. The fraction of sp³-hybridized carbons (Fsp3) is 0.0952. The van der Waals surface area contributed by atoms with Crippen molar-refractivity contribution in [1.82, 2.24) is 4.98 Å². The first-order chi connectivity index (χ1) is 14.3. The summed E-state index contributed by atoms with van der Waals surface area (Å²) >= 11 is 1.19. The van der Waals surface area contributed by atoms with E-state index >= 15 is 0 Å². The van der Waals surface area contributed by atoms with Crippen molar-refractivity contribution in [2.24, 2.45) is 5.73 Å². The highest BCUT2D eigenvalue weighted by Gasteiger charge is 2.33. The lowest BCUT2D eigenvalue weighted by Crippen LogP contribution is -2.11. The van der Waals surface area contributed by atoms with Crippen LogP contribution in [-0.2, 0) is 12.6 Å². The molecule has 0 spiro atoms. The number of nitriles is 1. The highest BCUT2D eigenvalue weighted by Crippen LogP contribution is 2.37. The minimum Gasteiger partial charge on any atom is -0.453 e. The Hall–Kier alpha value is -3.64. The van der Waals surface area contributed by atoms with Gasteiger partial charge >= 0.3 is 6.18 Å². The van der Waals surface area contributed by atoms with Gasteiger partial charge in [-0.1, -0.05) is 24.3 Å². The molecule has 9 heteroatoms. The molecule has 0 bridgehead atoms. The van der Waals surface area contributed by atoms with Crippen molar-refractivity contribution >= 4 is 28.2 Å². The molecule has 5 nitrogen and oxygen atoms in total. The molecule has 0 fully saturated rings. The molecule has 1 amide bonds. The molecule has 0 aliphatic rings. The van der Waals surface area contributed by atoms with Gasteiger partial charge in [0.2, 0.25) is 0 Å². The van der Waals surface area contributed by atoms with E-state index in [4.69, 9.17) is 15.4 Å². The number of benzene rings is 2. The average molecular weight is 427 g/mol. The summed E-state index contributed by atoms with van der Waals surface area (Å²) in [6, 6.07) is 12.1. The number of rotatable bonds is 4. The normalized spacial score (nSPS) is 11.5. The summed E-state index contributed by atoms with van der Waals surface area (Å²) in [5, 5.41) is 9.89. The minimum absolute atomic E-state index is 0.179. The predicted octanol–water partition coefficient (Wildman–Crippen LogP) is 5.14. The molecule has 4 aromatic rings. The van der Waals surface area contributed by atoms with Gasteiger partial charge in [-0.2, -0.15) is 18.4 Å². The zero-order valence-electron chi connectivity index (χ0n) is 15.2. The standard InChI is InChI=1S/C21H12F3N3O2S/c22-21(23,24)15-8-11(5-6-12(15)9-25)7-13-10-27-20(30-13)18-17(19(26)28)14-3-1-2-4-16(14)29-18/h1-6,8,10H,7H2,(H2,26,28). The van der Waals surface area contributed by atoms with Gasteiger partial charge in [0.1, 0.15) is 5.58 Å². The van der Waals surface area contributed by atoms with Crippen molar-refractivity contribution in [1.29, 1.82) is 5.26 Å². The Morgan fingerprint density at radius 2 is 2.00 bits per heavy atom. The molecule has 0 radical (unpaired) electrons. The second kappa shape index (κ2) is 7.31. The molecule has 0 saturated carbocycles. The number of hydrogen-bond donors (Lipinski definition) is 1. The maximum Gasteiger partial charge on any atom is 0.417 e. The quantitative estimate of drug-likeness (QED) is 0.488. The first-order valence-corrected chi connectivity index (χ1v) is 9.46. The third-order valence-electron chi connectivity index (χ3n) is 4.48. The number of para-hydroxylation sites is 1. The van der Waals surface area contributed by atoms with Gasteiger partial charge in [0, 0.05) is 22.9 Å². The number of carbonyl (C=O) groups excluding carboxylic acids is 1. The van der Waals surface area contributed by atoms with Crippen molar-refractivity contribution in [3.8, 4) is 16.8 Å². The van der Waals surface area contributed by atoms with E-state index in [-0.39, 0.29) is 17.7 Å². The summed E-state index contributed by atoms with van der Waals surface area (Å²) in [6.45, 7) is 0. The van der Waals surface area contributed by atoms with E-state index in [0.717, 1.165) is 12.1 Å². The zero-order valence-corrected chi connectivity index (χ0v) is 16.0. The number of thiazole rings is 1. The Kier molecular flexibility index (Phi) is 4.79. The Bertz CT molecular complexity index is 1320. The number of alkyl halides is 3. The summed E-state index contributed by atoms with van der Waals surface area (Å²) in [6.07, 6.45) is -2.92. The maximum absolute atomic E-state index is 13.2. The van der Waals surface area contributed by atoms with Gasteiger partial charge in [-0.25, -0.2) is 4.98 Å². The second-order valence-electron chi connectivity index (χ2n) is 6.46. The summed E-state index contributed by atoms with van der Waals surface area (Å²) in [4.78, 5) is 16.9. The number of primary amides is 1. The first-order valence-electron chi connectivity index (χ1n) is 8.64. The predicted molar refractivity (Wildman–Crippen MR) is 105 cm³/mol. The van der Waals surface area contributed by atoms with E-state index in [1.807, 2.05) is 0 Å². The van der Waals surface area contributed by atoms with Crippen LogP contribution in [0.2, 0.25) is 0 Å². The van der Waals surface area contributed by atoms with Crippen LogP contribution in [0.3, 0.4) is 0 Å². The van der Waals surface area contributed by atoms with Gasteiger partial charge < -0.3 is 10.2 Å². The smallest absolute Gasteiger partial charge is 0.417 e. The fourth-order valence-corrected chi connectivity index (χ4v) is 4.10. The van der Waals surface area contributed by atoms with E-state index in [0.29, 0.717) is 26.4 Å². The van der Waals surface area contributed by atoms with Crippen LogP contribution in [0, 0.1) is 11.3 Å². The van der Waals surface area contributed by atoms with Gasteiger partial charge in [0.05, 0.1) is 22.8 Å². The van der Waals surface area contributed by atoms with E-state index in [1.54, 1.807) is 30.3 Å². The largest absolute Gasteiger partial charge is 0.453 e. The lowest BCUT2D eigenvalue weighted by molar-refractivity contribution is -0.137. The van der Waals surface area contributed by atoms with E-state index in [1.165, 1.54) is 23.6 Å². The number of carbonyl (C=O) groups is 1. The molecular formula is C21H12F3N3O2S. The monoisotopic (exact) mass is 427 g/mol. The molecule has 0 atom stereocenters. The first kappa shape index (κ1) is 19.7. The number of hydrogen-bond acceptors (Lipinski definition) is 5. The van der Waals surface area contributed by atoms with E-state index < -0.39 is 23.2 Å². The third kappa shape index (κ3) is 3.53. The van der Waals surface area contributed by atoms with Crippen LogP contribution in [0.5, 0.6) is 0 Å². The maximum atomic E-state index is 13.2. The number of aromatic nitrogens is 1. The SMILES string of the molecule is N#Cc1ccc(Cc2cnc(-c3oc4ccccc4c3C(N)=O)s2)cc1C(F)(F)F. The second-order valence-corrected chi connectivity index (χ2v) is 7.58. The Labute approximate surface area is 172 Å². The Morgan fingerprint density at radius 1 is 1.23 bits per heavy atom. The van der Waals surface area contributed by atoms with Gasteiger partial charge in [-0.05, 0) is 23.8 Å². The molecule has 2 aromatic heterocycles. The number of halogens is 3. The molecule has 0 saturated heterocycles. The van der Waals surface area contributed by atoms with Crippen molar-refractivity contribution in [3.05, 3.63) is 75.8 Å². The van der Waals surface area contributed by atoms with E-state index in [9.17, 15) is 18.0 Å². The summed E-state index contributed by atoms with van der Waals surface area (Å²) in [5.74, 6) is -0.427. The van der Waals surface area contributed by atoms with E-state index in [2.05, 4.69) is 4.98 Å². The van der Waals surface area contributed by atoms with Crippen LogP contribution < -0.4 is 5.73 Å². The molecule has 2 N–H and O–H groups in total. The van der Waals surface area contributed by atoms with Crippen LogP contribution in [0.4, 0.5) is 13.2 Å². The topological polar surface area (TPSA) is 92.9 Å². The number of nitrogens with two attached hydrogens (primary N) is 1. The van der Waals surface area contributed by atoms with Gasteiger partial charge in [0.25, 0.3) is 5.91 Å². The van der Waals surface area contributed by atoms with Crippen LogP contribution in [-0.4, -0.2) is 10.9 Å². The number of amides is 1. The molecule has 2 aromatic carbocycles. The molecule has 0 aliphatic carbocycles. The molecule has 4 rings (SSSR count). The Balaban J connectivity index is 1.70. The van der Waals surface area contributed by atoms with Gasteiger partial charge in [-0.3, -0.25) is 4.79 Å². The third-order valence-corrected chi connectivity index (χ3v) is 5.47. The summed E-state index contributed by atoms with van der Waals surface area (Å²) in [7, 11) is 0. The molecule has 0 aliphatic heterocycles. The molecule has 150 valence electrons. The van der Waals surface area contributed by atoms with Crippen LogP contribution in [0.15, 0.2) is 53.1 Å². The number of nitrogens with zero attached hydrogens (tertiary/aromatic N) is 2. The minimum atomic E-state index is -4.62. The highest BCUT2D eigenvalue weighted by atomic mass is 32.1. The molecular weight excluding hydrogens is 415 g/mol. The van der Waals surface area contributed by atoms with Crippen molar-refractivity contribution in [2.45, 2.75) is 12.6 Å². The van der Waals surface area contributed by atoms with Crippen molar-refractivity contribution < 1.29 is 22.4 Å². The lowest BCUT2D eigenvalue weighted by Gasteiger charge is -2.10. The van der Waals surface area contributed by atoms with Gasteiger partial charge in [-0.15, -0.1) is 11.3 Å². The van der Waals surface area contributed by atoms with Crippen LogP contribution >= 0.6 is 11.3 Å². The Morgan fingerprint density at radius 3 is 2.70 bits per heavy atom. The van der Waals surface area contributed by atoms with Gasteiger partial charge in [0.15, 0.2) is 10.8 Å². The summed E-state index contributed by atoms with van der Waals surface area (Å²) < 4.78 is 45.3. The van der Waals surface area contributed by atoms with Crippen LogP contribution in [0.25, 0.3) is 21.7 Å². The fourth-order valence-electron chi connectivity index (χ4n) is 3.17. The van der Waals surface area contributed by atoms with Crippen molar-refractivity contribution in [3.63, 3.8) is 0 Å². The molecule has 0 unspecified atom stereocenters. The highest BCUT2D eigenvalue weighted by molar-refractivity contribution is 7.15. The number of furan rings is 1. The summed E-state index contributed by atoms with van der Waals surface area (Å²) in [5.41, 5.74) is 5.21. The lowest BCUT2D eigenvalue weighted by atomic mass is 10.0. The van der Waals surface area contributed by atoms with Crippen molar-refractivity contribution in [2.75, 3.05) is 0 Å². The number of fused-ring (bicyclic) bond motifs is 1. The molecule has 2 heterocycles. The van der Waals surface area contributed by atoms with Crippen LogP contribution in [0.1, 0.15) is 31.9 Å². The molecule has 30 heavy (non-hydrogen) atoms.